The number of carbonyl (C=O) groups excluding carboxylic acids is 1. The number of piperidine rings is 1. The predicted octanol–water partition coefficient (Wildman–Crippen LogP) is 1.84. The van der Waals surface area contributed by atoms with E-state index in [-0.39, 0.29) is 12.0 Å². The van der Waals surface area contributed by atoms with Crippen molar-refractivity contribution in [3.05, 3.63) is 0 Å². The van der Waals surface area contributed by atoms with Gasteiger partial charge in [0.25, 0.3) is 0 Å². The Labute approximate surface area is 123 Å². The molecule has 2 fully saturated rings. The number of nitrogens with two attached hydrogens (primary N) is 1. The number of nitrogens with zero attached hydrogens (tertiary/aromatic N) is 2. The smallest absolute Gasteiger partial charge is 0.225 e. The molecule has 1 saturated carbocycles. The first-order chi connectivity index (χ1) is 9.65. The van der Waals surface area contributed by atoms with Gasteiger partial charge in [-0.1, -0.05) is 20.3 Å². The van der Waals surface area contributed by atoms with Gasteiger partial charge >= 0.3 is 0 Å². The summed E-state index contributed by atoms with van der Waals surface area (Å²) in [5.74, 6) is 0.571. The summed E-state index contributed by atoms with van der Waals surface area (Å²) in [6, 6.07) is 0.911. The third-order valence-corrected chi connectivity index (χ3v) is 5.17. The molecule has 0 spiro atoms. The van der Waals surface area contributed by atoms with Crippen LogP contribution in [0.2, 0.25) is 0 Å². The molecule has 1 saturated heterocycles. The van der Waals surface area contributed by atoms with E-state index in [2.05, 4.69) is 23.6 Å². The predicted molar refractivity (Wildman–Crippen MR) is 82.5 cm³/mol. The second-order valence-electron chi connectivity index (χ2n) is 6.40. The molecule has 2 atom stereocenters. The molecule has 1 aliphatic heterocycles. The lowest BCUT2D eigenvalue weighted by atomic mass is 9.85. The summed E-state index contributed by atoms with van der Waals surface area (Å²) >= 11 is 0. The zero-order valence-corrected chi connectivity index (χ0v) is 13.2. The molecular weight excluding hydrogens is 250 g/mol. The van der Waals surface area contributed by atoms with Crippen LogP contribution in [-0.2, 0) is 4.79 Å². The third-order valence-electron chi connectivity index (χ3n) is 5.17. The molecule has 0 aromatic heterocycles. The summed E-state index contributed by atoms with van der Waals surface area (Å²) in [4.78, 5) is 17.2. The number of hydrogen-bond donors (Lipinski definition) is 1. The molecule has 1 amide bonds. The molecule has 2 aliphatic rings. The van der Waals surface area contributed by atoms with Crippen molar-refractivity contribution in [1.82, 2.24) is 9.80 Å². The molecule has 0 aromatic carbocycles. The van der Waals surface area contributed by atoms with Crippen LogP contribution >= 0.6 is 0 Å². The van der Waals surface area contributed by atoms with Crippen molar-refractivity contribution >= 4 is 5.91 Å². The topological polar surface area (TPSA) is 49.6 Å². The van der Waals surface area contributed by atoms with E-state index in [1.807, 2.05) is 0 Å². The molecule has 0 bridgehead atoms. The van der Waals surface area contributed by atoms with Gasteiger partial charge in [0.2, 0.25) is 5.91 Å². The summed E-state index contributed by atoms with van der Waals surface area (Å²) in [5, 5.41) is 0. The molecule has 0 radical (unpaired) electrons. The summed E-state index contributed by atoms with van der Waals surface area (Å²) in [7, 11) is 0. The van der Waals surface area contributed by atoms with Gasteiger partial charge in [0.05, 0.1) is 0 Å². The van der Waals surface area contributed by atoms with E-state index < -0.39 is 0 Å². The quantitative estimate of drug-likeness (QED) is 0.855. The largest absolute Gasteiger partial charge is 0.342 e. The minimum absolute atomic E-state index is 0.198. The Bertz CT molecular complexity index is 309. The lowest BCUT2D eigenvalue weighted by molar-refractivity contribution is -0.138. The van der Waals surface area contributed by atoms with Crippen molar-refractivity contribution < 1.29 is 4.79 Å². The Morgan fingerprint density at radius 2 is 1.80 bits per heavy atom. The Balaban J connectivity index is 1.82. The number of carbonyl (C=O) groups is 1. The Morgan fingerprint density at radius 3 is 2.35 bits per heavy atom. The van der Waals surface area contributed by atoms with Gasteiger partial charge in [-0.15, -0.1) is 0 Å². The van der Waals surface area contributed by atoms with Gasteiger partial charge in [0, 0.05) is 31.1 Å². The molecule has 116 valence electrons. The Morgan fingerprint density at radius 1 is 1.15 bits per heavy atom. The molecule has 2 N–H and O–H groups in total. The SMILES string of the molecule is CCN(CC)C1CCN(C(=O)C2CCCC(N)C2)CC1. The van der Waals surface area contributed by atoms with Crippen molar-refractivity contribution in [3.8, 4) is 0 Å². The minimum Gasteiger partial charge on any atom is -0.342 e. The maximum Gasteiger partial charge on any atom is 0.225 e. The van der Waals surface area contributed by atoms with Crippen LogP contribution in [0.4, 0.5) is 0 Å². The molecule has 4 heteroatoms. The first kappa shape index (κ1) is 15.8. The van der Waals surface area contributed by atoms with Crippen LogP contribution in [0.15, 0.2) is 0 Å². The number of hydrogen-bond acceptors (Lipinski definition) is 3. The molecule has 2 rings (SSSR count). The average Bonchev–Trinajstić information content (AvgIpc) is 2.48. The van der Waals surface area contributed by atoms with Crippen LogP contribution in [0.25, 0.3) is 0 Å². The monoisotopic (exact) mass is 281 g/mol. The van der Waals surface area contributed by atoms with Crippen molar-refractivity contribution in [2.75, 3.05) is 26.2 Å². The van der Waals surface area contributed by atoms with Crippen molar-refractivity contribution in [3.63, 3.8) is 0 Å². The highest BCUT2D eigenvalue weighted by molar-refractivity contribution is 5.79. The van der Waals surface area contributed by atoms with Crippen LogP contribution in [-0.4, -0.2) is 54.0 Å². The van der Waals surface area contributed by atoms with Gasteiger partial charge < -0.3 is 15.5 Å². The first-order valence-electron chi connectivity index (χ1n) is 8.44. The summed E-state index contributed by atoms with van der Waals surface area (Å²) in [6.07, 6.45) is 6.41. The standard InChI is InChI=1S/C16H31N3O/c1-3-18(4-2)15-8-10-19(11-9-15)16(20)13-6-5-7-14(17)12-13/h13-15H,3-12,17H2,1-2H3. The zero-order valence-electron chi connectivity index (χ0n) is 13.2. The molecule has 1 aliphatic carbocycles. The molecule has 20 heavy (non-hydrogen) atoms. The van der Waals surface area contributed by atoms with Crippen LogP contribution in [0.3, 0.4) is 0 Å². The fraction of sp³-hybridized carbons (Fsp3) is 0.938. The first-order valence-corrected chi connectivity index (χ1v) is 8.44. The molecular formula is C16H31N3O. The highest BCUT2D eigenvalue weighted by atomic mass is 16.2. The number of likely N-dealkylation sites (tertiary alicyclic amines) is 1. The normalized spacial score (nSPS) is 28.9. The zero-order chi connectivity index (χ0) is 14.5. The molecule has 0 aromatic rings. The van der Waals surface area contributed by atoms with Crippen LogP contribution < -0.4 is 5.73 Å². The van der Waals surface area contributed by atoms with Gasteiger partial charge in [-0.2, -0.15) is 0 Å². The molecule has 2 unspecified atom stereocenters. The fourth-order valence-electron chi connectivity index (χ4n) is 3.90. The van der Waals surface area contributed by atoms with E-state index in [1.165, 1.54) is 0 Å². The number of amides is 1. The van der Waals surface area contributed by atoms with Crippen molar-refractivity contribution in [2.24, 2.45) is 11.7 Å². The highest BCUT2D eigenvalue weighted by Crippen LogP contribution is 2.26. The lowest BCUT2D eigenvalue weighted by Crippen LogP contribution is -2.49. The maximum atomic E-state index is 12.6. The fourth-order valence-corrected chi connectivity index (χ4v) is 3.90. The maximum absolute atomic E-state index is 12.6. The van der Waals surface area contributed by atoms with Gasteiger partial charge in [-0.05, 0) is 45.2 Å². The Kier molecular flexibility index (Phi) is 5.85. The van der Waals surface area contributed by atoms with Crippen molar-refractivity contribution in [1.29, 1.82) is 0 Å². The minimum atomic E-state index is 0.198. The highest BCUT2D eigenvalue weighted by Gasteiger charge is 2.31. The lowest BCUT2D eigenvalue weighted by Gasteiger charge is -2.39. The number of rotatable bonds is 4. The van der Waals surface area contributed by atoms with Crippen LogP contribution in [0.5, 0.6) is 0 Å². The van der Waals surface area contributed by atoms with Crippen LogP contribution in [0, 0.1) is 5.92 Å². The van der Waals surface area contributed by atoms with E-state index in [1.54, 1.807) is 0 Å². The third kappa shape index (κ3) is 3.73. The van der Waals surface area contributed by atoms with Gasteiger partial charge in [-0.3, -0.25) is 4.79 Å². The van der Waals surface area contributed by atoms with Crippen LogP contribution in [0.1, 0.15) is 52.4 Å². The van der Waals surface area contributed by atoms with E-state index in [4.69, 9.17) is 5.73 Å². The van der Waals surface area contributed by atoms with Gasteiger partial charge in [-0.25, -0.2) is 0 Å². The van der Waals surface area contributed by atoms with Gasteiger partial charge in [0.15, 0.2) is 0 Å². The van der Waals surface area contributed by atoms with Crippen molar-refractivity contribution in [2.45, 2.75) is 64.5 Å². The van der Waals surface area contributed by atoms with E-state index in [9.17, 15) is 4.79 Å². The second kappa shape index (κ2) is 7.41. The van der Waals surface area contributed by atoms with E-state index in [0.29, 0.717) is 11.9 Å². The van der Waals surface area contributed by atoms with E-state index >= 15 is 0 Å². The summed E-state index contributed by atoms with van der Waals surface area (Å²) < 4.78 is 0. The average molecular weight is 281 g/mol. The van der Waals surface area contributed by atoms with Gasteiger partial charge in [0.1, 0.15) is 0 Å². The second-order valence-corrected chi connectivity index (χ2v) is 6.40. The summed E-state index contributed by atoms with van der Waals surface area (Å²) in [5.41, 5.74) is 6.01. The Hall–Kier alpha value is -0.610. The molecule has 1 heterocycles. The van der Waals surface area contributed by atoms with E-state index in [0.717, 1.165) is 64.7 Å². The summed E-state index contributed by atoms with van der Waals surface area (Å²) in [6.45, 7) is 8.56. The molecule has 4 nitrogen and oxygen atoms in total.